The van der Waals surface area contributed by atoms with Crippen LogP contribution in [0, 0.1) is 0 Å². The summed E-state index contributed by atoms with van der Waals surface area (Å²) >= 11 is 0. The van der Waals surface area contributed by atoms with Crippen molar-refractivity contribution in [1.29, 1.82) is 0 Å². The number of anilines is 5. The zero-order valence-electron chi connectivity index (χ0n) is 68.2. The SMILES string of the molecule is CC(=O)O.CC(=O)O.CC(=O)O.CN1CCN(C2CCC(n3nc(-c4ccc(NCc5cc6ccccc6[nH]5)cc4)c4c(N)ncnc43)CC2)CC1.COc1ncccc1CNc1ccc(-c2nn(C3CCC(N4CCN(C)CC4)CC3)c3ncnc(N)c23)cc1.Nc1ncnc2c1c(-c1ccc(Oc3ccccc3)cc1)nn2-c1ccccn1. The number of aliphatic carboxylic acids is 3. The molecule has 2 aliphatic heterocycles. The summed E-state index contributed by atoms with van der Waals surface area (Å²) in [6.45, 7) is 13.9. The molecule has 32 heteroatoms. The number of para-hydroxylation sites is 2. The van der Waals surface area contributed by atoms with Crippen LogP contribution in [0.4, 0.5) is 28.8 Å². The normalized spacial score (nSPS) is 16.9. The number of pyridine rings is 2. The lowest BCUT2D eigenvalue weighted by molar-refractivity contribution is -0.135. The van der Waals surface area contributed by atoms with Gasteiger partial charge in [-0.1, -0.05) is 72.8 Å². The van der Waals surface area contributed by atoms with E-state index in [1.807, 2.05) is 84.9 Å². The molecule has 120 heavy (non-hydrogen) atoms. The average molecular weight is 1620 g/mol. The van der Waals surface area contributed by atoms with Crippen LogP contribution < -0.4 is 37.3 Å². The number of benzene rings is 5. The van der Waals surface area contributed by atoms with Crippen molar-refractivity contribution in [2.24, 2.45) is 0 Å². The summed E-state index contributed by atoms with van der Waals surface area (Å²) < 4.78 is 17.2. The summed E-state index contributed by atoms with van der Waals surface area (Å²) in [6, 6.07) is 56.1. The van der Waals surface area contributed by atoms with E-state index in [0.29, 0.717) is 76.6 Å². The molecular weight excluding hydrogens is 1520 g/mol. The quantitative estimate of drug-likeness (QED) is 0.0409. The number of aromatic nitrogens is 15. The number of nitrogens with one attached hydrogen (secondary N) is 3. The van der Waals surface area contributed by atoms with Crippen LogP contribution in [0.2, 0.25) is 0 Å². The van der Waals surface area contributed by atoms with Crippen molar-refractivity contribution in [3.05, 3.63) is 206 Å². The molecule has 0 unspecified atom stereocenters. The number of methoxy groups -OCH3 is 1. The number of nitrogens with zero attached hydrogens (tertiary/aromatic N) is 18. The van der Waals surface area contributed by atoms with Gasteiger partial charge in [-0.15, -0.1) is 0 Å². The van der Waals surface area contributed by atoms with Crippen molar-refractivity contribution in [2.45, 2.75) is 109 Å². The second-order valence-corrected chi connectivity index (χ2v) is 29.9. The molecule has 11 heterocycles. The standard InChI is InChI=1S/C31H37N9.C29H37N9O.C22H16N6O.3C2H4O2/c1-38-14-16-39(17-15-38)25-10-12-26(13-11-25)40-31-28(30(32)34-20-35-31)29(37-40)21-6-8-23(9-7-21)33-19-24-18-22-4-2-3-5-27(22)36-24;1-36-14-16-37(17-15-36)23-9-11-24(12-10-23)38-28-25(27(30)33-19-34-28)26(35-38)20-5-7-22(8-6-20)32-18-21-4-3-13-31-29(21)39-2;23-21-19-20(15-9-11-17(12-10-15)29-16-6-2-1-3-7-16)27-28(22(19)26-14-25-21)18-8-4-5-13-24-18;3*1-2(3)4/h2-9,18,20,25-26,33,36H,10-17,19H2,1H3,(H2,32,34,35);3-8,13,19,23-24,32H,9-12,14-18H2,1-2H3,(H2,30,33,34);1-14H,(H2,23,25,26);3*1H3,(H,3,4). The van der Waals surface area contributed by atoms with Gasteiger partial charge in [-0.25, -0.2) is 49.2 Å². The van der Waals surface area contributed by atoms with Crippen LogP contribution in [0.25, 0.3) is 83.6 Å². The van der Waals surface area contributed by atoms with Crippen molar-refractivity contribution in [2.75, 3.05) is 101 Å². The Balaban J connectivity index is 0.000000147. The molecule has 2 saturated heterocycles. The van der Waals surface area contributed by atoms with Crippen molar-refractivity contribution in [1.82, 2.24) is 93.8 Å². The number of carbonyl (C=O) groups is 3. The number of fused-ring (bicyclic) bond motifs is 4. The molecule has 0 spiro atoms. The Hall–Kier alpha value is -13.6. The minimum absolute atomic E-state index is 0.315. The second-order valence-electron chi connectivity index (χ2n) is 29.9. The van der Waals surface area contributed by atoms with E-state index in [9.17, 15) is 0 Å². The van der Waals surface area contributed by atoms with Crippen LogP contribution in [0.3, 0.4) is 0 Å². The van der Waals surface area contributed by atoms with Gasteiger partial charge in [-0.2, -0.15) is 20.0 Å². The lowest BCUT2D eigenvalue weighted by atomic mass is 9.90. The molecule has 2 aliphatic carbocycles. The Labute approximate surface area is 694 Å². The fourth-order valence-electron chi connectivity index (χ4n) is 15.6. The van der Waals surface area contributed by atoms with Gasteiger partial charge in [0.2, 0.25) is 5.88 Å². The number of carboxylic acids is 3. The van der Waals surface area contributed by atoms with Crippen molar-refractivity contribution >= 4 is 90.7 Å². The third-order valence-corrected chi connectivity index (χ3v) is 21.5. The number of ether oxygens (including phenoxy) is 2. The highest BCUT2D eigenvalue weighted by molar-refractivity contribution is 6.00. The van der Waals surface area contributed by atoms with Crippen LogP contribution in [-0.4, -0.2) is 213 Å². The third kappa shape index (κ3) is 21.4. The molecule has 4 fully saturated rings. The van der Waals surface area contributed by atoms with Gasteiger partial charge in [-0.05, 0) is 162 Å². The zero-order chi connectivity index (χ0) is 84.2. The number of piperazine rings is 2. The summed E-state index contributed by atoms with van der Waals surface area (Å²) in [5.41, 5.74) is 31.9. The largest absolute Gasteiger partial charge is 0.481 e. The molecule has 622 valence electrons. The lowest BCUT2D eigenvalue weighted by Crippen LogP contribution is -2.49. The first kappa shape index (κ1) is 84.4. The highest BCUT2D eigenvalue weighted by Crippen LogP contribution is 2.41. The predicted molar refractivity (Wildman–Crippen MR) is 466 cm³/mol. The second kappa shape index (κ2) is 40.1. The topological polar surface area (TPSA) is 418 Å². The molecule has 2 saturated carbocycles. The first-order valence-corrected chi connectivity index (χ1v) is 40.1. The van der Waals surface area contributed by atoms with Crippen molar-refractivity contribution < 1.29 is 39.2 Å². The number of nitrogen functional groups attached to an aromatic ring is 3. The summed E-state index contributed by atoms with van der Waals surface area (Å²) in [7, 11) is 6.07. The average Bonchev–Trinajstić information content (AvgIpc) is 1.62. The summed E-state index contributed by atoms with van der Waals surface area (Å²) in [5, 5.41) is 47.8. The van der Waals surface area contributed by atoms with E-state index in [4.69, 9.17) is 71.7 Å². The van der Waals surface area contributed by atoms with Gasteiger partial charge in [0.25, 0.3) is 17.9 Å². The molecule has 4 aliphatic rings. The van der Waals surface area contributed by atoms with Crippen LogP contribution in [0.15, 0.2) is 195 Å². The van der Waals surface area contributed by atoms with Crippen LogP contribution in [0.1, 0.15) is 95.5 Å². The van der Waals surface area contributed by atoms with Gasteiger partial charge < -0.3 is 67.4 Å². The smallest absolute Gasteiger partial charge is 0.300 e. The minimum Gasteiger partial charge on any atom is -0.481 e. The number of hydrogen-bond acceptors (Lipinski definition) is 25. The summed E-state index contributed by atoms with van der Waals surface area (Å²) in [4.78, 5) is 75.8. The number of H-pyrrole nitrogens is 1. The summed E-state index contributed by atoms with van der Waals surface area (Å²) in [5.74, 6) is 1.63. The molecule has 14 aromatic rings. The van der Waals surface area contributed by atoms with Gasteiger partial charge in [0.05, 0.1) is 41.9 Å². The fourth-order valence-corrected chi connectivity index (χ4v) is 15.6. The molecule has 0 atom stereocenters. The molecule has 12 N–H and O–H groups in total. The zero-order valence-corrected chi connectivity index (χ0v) is 68.2. The van der Waals surface area contributed by atoms with E-state index in [2.05, 4.69) is 177 Å². The predicted octanol–water partition coefficient (Wildman–Crippen LogP) is 13.2. The van der Waals surface area contributed by atoms with E-state index >= 15 is 0 Å². The van der Waals surface area contributed by atoms with E-state index in [1.54, 1.807) is 36.8 Å². The molecular formula is C88H102N24O8. The maximum Gasteiger partial charge on any atom is 0.300 e. The molecule has 0 amide bonds. The molecule has 0 bridgehead atoms. The van der Waals surface area contributed by atoms with Crippen molar-refractivity contribution in [3.63, 3.8) is 0 Å². The first-order valence-electron chi connectivity index (χ1n) is 40.1. The fraction of sp³-hybridized carbons (Fsp3) is 0.318. The van der Waals surface area contributed by atoms with Crippen LogP contribution in [-0.2, 0) is 27.5 Å². The summed E-state index contributed by atoms with van der Waals surface area (Å²) in [6.07, 6.45) is 17.2. The number of likely N-dealkylation sites (N-methyl/N-ethyl adjacent to an activating group) is 2. The first-order chi connectivity index (χ1) is 58.2. The van der Waals surface area contributed by atoms with Gasteiger partial charge in [0.15, 0.2) is 22.8 Å². The Morgan fingerprint density at radius 3 is 1.34 bits per heavy atom. The molecule has 0 radical (unpaired) electrons. The Morgan fingerprint density at radius 2 is 0.867 bits per heavy atom. The third-order valence-electron chi connectivity index (χ3n) is 21.5. The maximum absolute atomic E-state index is 9.00. The van der Waals surface area contributed by atoms with Crippen LogP contribution in [0.5, 0.6) is 17.4 Å². The van der Waals surface area contributed by atoms with Gasteiger partial charge in [0, 0.05) is 149 Å². The molecule has 9 aromatic heterocycles. The number of rotatable bonds is 17. The van der Waals surface area contributed by atoms with Crippen LogP contribution >= 0.6 is 0 Å². The number of aromatic amines is 1. The number of carboxylic acid groups (broad SMARTS) is 3. The van der Waals surface area contributed by atoms with Gasteiger partial charge >= 0.3 is 0 Å². The molecule has 5 aromatic carbocycles. The highest BCUT2D eigenvalue weighted by Gasteiger charge is 2.33. The highest BCUT2D eigenvalue weighted by atomic mass is 16.5. The Kier molecular flexibility index (Phi) is 28.2. The number of nitrogens with two attached hydrogens (primary N) is 3. The Morgan fingerprint density at radius 1 is 0.450 bits per heavy atom. The Bertz CT molecular complexity index is 5630. The molecule has 32 nitrogen and oxygen atoms in total. The monoisotopic (exact) mass is 1620 g/mol. The van der Waals surface area contributed by atoms with E-state index in [1.165, 1.54) is 76.7 Å². The van der Waals surface area contributed by atoms with Gasteiger partial charge in [-0.3, -0.25) is 24.2 Å². The maximum atomic E-state index is 9.00. The van der Waals surface area contributed by atoms with Gasteiger partial charge in [0.1, 0.15) is 65.0 Å². The van der Waals surface area contributed by atoms with Crippen molar-refractivity contribution in [3.8, 4) is 57.0 Å². The minimum atomic E-state index is -0.833. The van der Waals surface area contributed by atoms with E-state index in [-0.39, 0.29) is 0 Å². The van der Waals surface area contributed by atoms with E-state index < -0.39 is 17.9 Å². The lowest BCUT2D eigenvalue weighted by Gasteiger charge is -2.41. The molecule has 18 rings (SSSR count). The van der Waals surface area contributed by atoms with E-state index in [0.717, 1.165) is 156 Å². The number of hydrogen-bond donors (Lipinski definition) is 9.